The number of hydrogen-bond acceptors (Lipinski definition) is 5. The molecule has 2 rings (SSSR count). The molecule has 2 aromatic rings. The summed E-state index contributed by atoms with van der Waals surface area (Å²) >= 11 is 3.14. The lowest BCUT2D eigenvalue weighted by atomic mass is 10.2. The fraction of sp³-hybridized carbons (Fsp3) is 0.167. The molecule has 0 amide bonds. The van der Waals surface area contributed by atoms with Crippen molar-refractivity contribution in [3.05, 3.63) is 38.7 Å². The molecule has 0 aliphatic heterocycles. The van der Waals surface area contributed by atoms with E-state index in [9.17, 15) is 14.7 Å². The van der Waals surface area contributed by atoms with Gasteiger partial charge in [0.25, 0.3) is 0 Å². The maximum atomic E-state index is 11.6. The van der Waals surface area contributed by atoms with Crippen molar-refractivity contribution in [3.63, 3.8) is 0 Å². The Bertz CT molecular complexity index is 674. The van der Waals surface area contributed by atoms with Gasteiger partial charge in [-0.15, -0.1) is 0 Å². The number of esters is 1. The highest BCUT2D eigenvalue weighted by Gasteiger charge is 2.15. The van der Waals surface area contributed by atoms with Crippen LogP contribution < -0.4 is 5.63 Å². The quantitative estimate of drug-likeness (QED) is 0.681. The normalized spacial score (nSPS) is 10.6. The average Bonchev–Trinajstić information content (AvgIpc) is 2.31. The third kappa shape index (κ3) is 2.24. The molecule has 0 aliphatic carbocycles. The summed E-state index contributed by atoms with van der Waals surface area (Å²) in [4.78, 5) is 23.1. The number of aromatic hydroxyl groups is 1. The standard InChI is InChI=1S/C12H9BrO5/c1-2-17-11(15)7-3-6-4-8(13)9(14)5-10(6)18-12(7)16/h3-5,14H,2H2,1H3. The van der Waals surface area contributed by atoms with E-state index in [1.807, 2.05) is 0 Å². The van der Waals surface area contributed by atoms with E-state index >= 15 is 0 Å². The summed E-state index contributed by atoms with van der Waals surface area (Å²) in [6.45, 7) is 1.82. The fourth-order valence-corrected chi connectivity index (χ4v) is 1.84. The minimum absolute atomic E-state index is 0.0467. The molecule has 0 saturated heterocycles. The van der Waals surface area contributed by atoms with E-state index in [4.69, 9.17) is 9.15 Å². The first-order valence-corrected chi connectivity index (χ1v) is 5.95. The van der Waals surface area contributed by atoms with E-state index in [1.54, 1.807) is 13.0 Å². The van der Waals surface area contributed by atoms with Crippen LogP contribution in [-0.4, -0.2) is 17.7 Å². The molecule has 0 unspecified atom stereocenters. The summed E-state index contributed by atoms with van der Waals surface area (Å²) in [5, 5.41) is 9.99. The van der Waals surface area contributed by atoms with Crippen molar-refractivity contribution in [1.82, 2.24) is 0 Å². The van der Waals surface area contributed by atoms with Crippen LogP contribution in [0.4, 0.5) is 0 Å². The number of carbonyl (C=O) groups is 1. The fourth-order valence-electron chi connectivity index (χ4n) is 1.48. The Balaban J connectivity index is 2.65. The van der Waals surface area contributed by atoms with Gasteiger partial charge in [0, 0.05) is 11.5 Å². The van der Waals surface area contributed by atoms with Crippen molar-refractivity contribution in [2.45, 2.75) is 6.92 Å². The van der Waals surface area contributed by atoms with Crippen molar-refractivity contribution in [2.24, 2.45) is 0 Å². The van der Waals surface area contributed by atoms with E-state index in [-0.39, 0.29) is 23.5 Å². The Kier molecular flexibility index (Phi) is 3.38. The Morgan fingerprint density at radius 3 is 2.83 bits per heavy atom. The molecule has 1 heterocycles. The van der Waals surface area contributed by atoms with Gasteiger partial charge in [-0.1, -0.05) is 0 Å². The number of phenolic OH excluding ortho intramolecular Hbond substituents is 1. The topological polar surface area (TPSA) is 76.7 Å². The van der Waals surface area contributed by atoms with E-state index in [0.717, 1.165) is 0 Å². The first kappa shape index (κ1) is 12.6. The Morgan fingerprint density at radius 1 is 1.44 bits per heavy atom. The molecule has 1 N–H and O–H groups in total. The van der Waals surface area contributed by atoms with Gasteiger partial charge in [0.05, 0.1) is 11.1 Å². The van der Waals surface area contributed by atoms with Crippen molar-refractivity contribution < 1.29 is 19.1 Å². The SMILES string of the molecule is CCOC(=O)c1cc2cc(Br)c(O)cc2oc1=O. The maximum Gasteiger partial charge on any atom is 0.351 e. The van der Waals surface area contributed by atoms with Gasteiger partial charge >= 0.3 is 11.6 Å². The van der Waals surface area contributed by atoms with Gasteiger partial charge in [-0.05, 0) is 35.0 Å². The number of fused-ring (bicyclic) bond motifs is 1. The summed E-state index contributed by atoms with van der Waals surface area (Å²) in [5.41, 5.74) is -0.752. The number of carbonyl (C=O) groups excluding carboxylic acids is 1. The highest BCUT2D eigenvalue weighted by molar-refractivity contribution is 9.10. The lowest BCUT2D eigenvalue weighted by molar-refractivity contribution is 0.0522. The van der Waals surface area contributed by atoms with Crippen LogP contribution in [0, 0.1) is 0 Å². The van der Waals surface area contributed by atoms with Crippen molar-refractivity contribution in [2.75, 3.05) is 6.61 Å². The molecule has 0 spiro atoms. The van der Waals surface area contributed by atoms with Crippen molar-refractivity contribution >= 4 is 32.9 Å². The molecule has 0 atom stereocenters. The van der Waals surface area contributed by atoms with E-state index in [2.05, 4.69) is 15.9 Å². The second-order valence-electron chi connectivity index (χ2n) is 3.51. The highest BCUT2D eigenvalue weighted by Crippen LogP contribution is 2.28. The lowest BCUT2D eigenvalue weighted by Gasteiger charge is -2.03. The number of halogens is 1. The van der Waals surface area contributed by atoms with E-state index < -0.39 is 11.6 Å². The Labute approximate surface area is 110 Å². The van der Waals surface area contributed by atoms with Gasteiger partial charge in [-0.2, -0.15) is 0 Å². The molecule has 0 saturated carbocycles. The second-order valence-corrected chi connectivity index (χ2v) is 4.36. The van der Waals surface area contributed by atoms with E-state index in [1.165, 1.54) is 12.1 Å². The molecular formula is C12H9BrO5. The predicted octanol–water partition coefficient (Wildman–Crippen LogP) is 2.44. The molecule has 0 fully saturated rings. The third-order valence-electron chi connectivity index (χ3n) is 2.30. The lowest BCUT2D eigenvalue weighted by Crippen LogP contribution is -2.16. The Hall–Kier alpha value is -1.82. The molecule has 6 heteroatoms. The molecule has 18 heavy (non-hydrogen) atoms. The zero-order valence-corrected chi connectivity index (χ0v) is 11.0. The molecule has 1 aromatic heterocycles. The maximum absolute atomic E-state index is 11.6. The average molecular weight is 313 g/mol. The second kappa shape index (κ2) is 4.81. The monoisotopic (exact) mass is 312 g/mol. The zero-order valence-electron chi connectivity index (χ0n) is 9.40. The summed E-state index contributed by atoms with van der Waals surface area (Å²) in [5.74, 6) is -0.771. The van der Waals surface area contributed by atoms with Crippen LogP contribution in [0.1, 0.15) is 17.3 Å². The Morgan fingerprint density at radius 2 is 2.17 bits per heavy atom. The molecule has 0 aliphatic rings. The number of ether oxygens (including phenoxy) is 1. The molecule has 0 bridgehead atoms. The molecule has 5 nitrogen and oxygen atoms in total. The molecular weight excluding hydrogens is 304 g/mol. The van der Waals surface area contributed by atoms with E-state index in [0.29, 0.717) is 9.86 Å². The summed E-state index contributed by atoms with van der Waals surface area (Å²) < 4.78 is 10.2. The molecule has 94 valence electrons. The summed E-state index contributed by atoms with van der Waals surface area (Å²) in [7, 11) is 0. The highest BCUT2D eigenvalue weighted by atomic mass is 79.9. The van der Waals surface area contributed by atoms with Crippen LogP contribution in [0.5, 0.6) is 5.75 Å². The van der Waals surface area contributed by atoms with Gasteiger partial charge < -0.3 is 14.3 Å². The predicted molar refractivity (Wildman–Crippen MR) is 67.8 cm³/mol. The van der Waals surface area contributed by atoms with Crippen LogP contribution in [-0.2, 0) is 4.74 Å². The first-order valence-electron chi connectivity index (χ1n) is 5.16. The summed E-state index contributed by atoms with van der Waals surface area (Å²) in [6.07, 6.45) is 0. The van der Waals surface area contributed by atoms with Gasteiger partial charge in [0.15, 0.2) is 0 Å². The molecule has 1 aromatic carbocycles. The van der Waals surface area contributed by atoms with Crippen LogP contribution in [0.2, 0.25) is 0 Å². The number of rotatable bonds is 2. The van der Waals surface area contributed by atoms with Crippen LogP contribution >= 0.6 is 15.9 Å². The van der Waals surface area contributed by atoms with Crippen LogP contribution in [0.25, 0.3) is 11.0 Å². The third-order valence-corrected chi connectivity index (χ3v) is 2.93. The minimum Gasteiger partial charge on any atom is -0.507 e. The van der Waals surface area contributed by atoms with Gasteiger partial charge in [0.2, 0.25) is 0 Å². The number of benzene rings is 1. The van der Waals surface area contributed by atoms with Crippen molar-refractivity contribution in [1.29, 1.82) is 0 Å². The van der Waals surface area contributed by atoms with Gasteiger partial charge in [-0.3, -0.25) is 0 Å². The summed E-state index contributed by atoms with van der Waals surface area (Å²) in [6, 6.07) is 4.23. The smallest absolute Gasteiger partial charge is 0.351 e. The minimum atomic E-state index is -0.789. The largest absolute Gasteiger partial charge is 0.507 e. The first-order chi connectivity index (χ1) is 8.52. The van der Waals surface area contributed by atoms with Gasteiger partial charge in [0.1, 0.15) is 16.9 Å². The molecule has 0 radical (unpaired) electrons. The van der Waals surface area contributed by atoms with Crippen LogP contribution in [0.15, 0.2) is 31.9 Å². The van der Waals surface area contributed by atoms with Gasteiger partial charge in [-0.25, -0.2) is 9.59 Å². The zero-order chi connectivity index (χ0) is 13.3. The number of phenols is 1. The van der Waals surface area contributed by atoms with Crippen molar-refractivity contribution in [3.8, 4) is 5.75 Å². The number of hydrogen-bond donors (Lipinski definition) is 1. The van der Waals surface area contributed by atoms with Crippen LogP contribution in [0.3, 0.4) is 0 Å².